The summed E-state index contributed by atoms with van der Waals surface area (Å²) in [5.41, 5.74) is 1.85. The molecular formula is C20H20FN3O3. The molecule has 1 fully saturated rings. The highest BCUT2D eigenvalue weighted by atomic mass is 19.1. The summed E-state index contributed by atoms with van der Waals surface area (Å²) in [4.78, 5) is 6.42. The average molecular weight is 369 g/mol. The summed E-state index contributed by atoms with van der Waals surface area (Å²) in [6, 6.07) is 11.6. The molecule has 0 bridgehead atoms. The molecule has 2 heterocycles. The first kappa shape index (κ1) is 17.6. The van der Waals surface area contributed by atoms with Crippen LogP contribution in [0.2, 0.25) is 0 Å². The molecule has 2 aromatic carbocycles. The van der Waals surface area contributed by atoms with Gasteiger partial charge in [0.05, 0.1) is 12.1 Å². The van der Waals surface area contributed by atoms with Crippen molar-refractivity contribution >= 4 is 0 Å². The van der Waals surface area contributed by atoms with Gasteiger partial charge in [0.15, 0.2) is 0 Å². The van der Waals surface area contributed by atoms with E-state index in [0.717, 1.165) is 5.56 Å². The summed E-state index contributed by atoms with van der Waals surface area (Å²) in [6.45, 7) is 2.58. The van der Waals surface area contributed by atoms with Crippen molar-refractivity contribution in [1.82, 2.24) is 15.0 Å². The van der Waals surface area contributed by atoms with E-state index in [2.05, 4.69) is 10.1 Å². The number of aromatic nitrogens is 2. The maximum Gasteiger partial charge on any atom is 0.244 e. The number of halogens is 1. The molecule has 6 nitrogen and oxygen atoms in total. The highest BCUT2D eigenvalue weighted by Gasteiger charge is 2.36. The Labute approximate surface area is 155 Å². The van der Waals surface area contributed by atoms with Gasteiger partial charge in [-0.05, 0) is 31.0 Å². The molecular weight excluding hydrogens is 349 g/mol. The van der Waals surface area contributed by atoms with Gasteiger partial charge in [0.2, 0.25) is 11.7 Å². The van der Waals surface area contributed by atoms with Gasteiger partial charge < -0.3 is 14.7 Å². The largest absolute Gasteiger partial charge is 0.508 e. The fourth-order valence-electron chi connectivity index (χ4n) is 3.39. The van der Waals surface area contributed by atoms with Gasteiger partial charge in [-0.25, -0.2) is 4.39 Å². The Morgan fingerprint density at radius 1 is 1.26 bits per heavy atom. The van der Waals surface area contributed by atoms with E-state index in [4.69, 9.17) is 4.52 Å². The molecule has 2 atom stereocenters. The number of phenols is 1. The highest BCUT2D eigenvalue weighted by molar-refractivity contribution is 5.55. The van der Waals surface area contributed by atoms with Crippen molar-refractivity contribution in [3.05, 3.63) is 65.3 Å². The van der Waals surface area contributed by atoms with Crippen LogP contribution in [0.4, 0.5) is 4.39 Å². The molecule has 0 unspecified atom stereocenters. The minimum absolute atomic E-state index is 0.207. The lowest BCUT2D eigenvalue weighted by molar-refractivity contribution is 0.168. The Kier molecular flexibility index (Phi) is 4.63. The SMILES string of the molecule is Cc1ccc(-c2noc([C@@H]3C[C@@H](O)CN3Cc3ccccc3O)n2)cc1F. The number of aryl methyl sites for hydroxylation is 1. The number of hydrogen-bond donors (Lipinski definition) is 2. The minimum Gasteiger partial charge on any atom is -0.508 e. The molecule has 4 rings (SSSR count). The number of aliphatic hydroxyl groups is 1. The number of hydrogen-bond acceptors (Lipinski definition) is 6. The lowest BCUT2D eigenvalue weighted by Crippen LogP contribution is -2.24. The van der Waals surface area contributed by atoms with E-state index < -0.39 is 6.10 Å². The Morgan fingerprint density at radius 2 is 2.07 bits per heavy atom. The van der Waals surface area contributed by atoms with E-state index in [1.54, 1.807) is 31.2 Å². The van der Waals surface area contributed by atoms with E-state index in [0.29, 0.717) is 42.4 Å². The second-order valence-corrected chi connectivity index (χ2v) is 6.88. The van der Waals surface area contributed by atoms with Crippen LogP contribution in [0, 0.1) is 12.7 Å². The topological polar surface area (TPSA) is 82.6 Å². The number of aliphatic hydroxyl groups excluding tert-OH is 1. The third-order valence-corrected chi connectivity index (χ3v) is 4.90. The van der Waals surface area contributed by atoms with Crippen LogP contribution in [0.25, 0.3) is 11.4 Å². The van der Waals surface area contributed by atoms with Crippen LogP contribution >= 0.6 is 0 Å². The number of phenolic OH excluding ortho intramolecular Hbond substituents is 1. The van der Waals surface area contributed by atoms with Gasteiger partial charge in [-0.2, -0.15) is 4.98 Å². The molecule has 1 aromatic heterocycles. The van der Waals surface area contributed by atoms with Crippen LogP contribution in [0.3, 0.4) is 0 Å². The summed E-state index contributed by atoms with van der Waals surface area (Å²) in [7, 11) is 0. The van der Waals surface area contributed by atoms with E-state index in [9.17, 15) is 14.6 Å². The monoisotopic (exact) mass is 369 g/mol. The minimum atomic E-state index is -0.520. The van der Waals surface area contributed by atoms with E-state index in [-0.39, 0.29) is 17.6 Å². The summed E-state index contributed by atoms with van der Waals surface area (Å²) in [5.74, 6) is 0.570. The number of rotatable bonds is 4. The lowest BCUT2D eigenvalue weighted by atomic mass is 10.1. The second-order valence-electron chi connectivity index (χ2n) is 6.88. The van der Waals surface area contributed by atoms with Crippen LogP contribution in [0.1, 0.15) is 29.5 Å². The molecule has 1 saturated heterocycles. The van der Waals surface area contributed by atoms with E-state index in [1.165, 1.54) is 6.07 Å². The molecule has 3 aromatic rings. The Bertz CT molecular complexity index is 959. The van der Waals surface area contributed by atoms with Gasteiger partial charge in [-0.3, -0.25) is 4.90 Å². The van der Waals surface area contributed by atoms with E-state index >= 15 is 0 Å². The fourth-order valence-corrected chi connectivity index (χ4v) is 3.39. The molecule has 1 aliphatic rings. The quantitative estimate of drug-likeness (QED) is 0.735. The van der Waals surface area contributed by atoms with Crippen molar-refractivity contribution in [3.63, 3.8) is 0 Å². The zero-order chi connectivity index (χ0) is 19.0. The van der Waals surface area contributed by atoms with Gasteiger partial charge in [0.25, 0.3) is 0 Å². The van der Waals surface area contributed by atoms with Gasteiger partial charge in [-0.1, -0.05) is 35.5 Å². The van der Waals surface area contributed by atoms with Gasteiger partial charge in [-0.15, -0.1) is 0 Å². The maximum atomic E-state index is 13.8. The van der Waals surface area contributed by atoms with Crippen LogP contribution in [0.5, 0.6) is 5.75 Å². The van der Waals surface area contributed by atoms with Crippen LogP contribution in [0.15, 0.2) is 47.0 Å². The predicted octanol–water partition coefficient (Wildman–Crippen LogP) is 3.20. The Balaban J connectivity index is 1.59. The summed E-state index contributed by atoms with van der Waals surface area (Å²) >= 11 is 0. The van der Waals surface area contributed by atoms with Crippen molar-refractivity contribution < 1.29 is 19.1 Å². The highest BCUT2D eigenvalue weighted by Crippen LogP contribution is 2.34. The molecule has 7 heteroatoms. The van der Waals surface area contributed by atoms with Gasteiger partial charge in [0, 0.05) is 24.2 Å². The molecule has 140 valence electrons. The first-order chi connectivity index (χ1) is 13.0. The number of benzene rings is 2. The van der Waals surface area contributed by atoms with Crippen LogP contribution in [-0.2, 0) is 6.54 Å². The van der Waals surface area contributed by atoms with Gasteiger partial charge in [0.1, 0.15) is 11.6 Å². The van der Waals surface area contributed by atoms with Crippen LogP contribution < -0.4 is 0 Å². The first-order valence-electron chi connectivity index (χ1n) is 8.80. The Morgan fingerprint density at radius 3 is 2.85 bits per heavy atom. The standard InChI is InChI=1S/C20H20FN3O3/c1-12-6-7-13(8-16(12)21)19-22-20(27-23-19)17-9-15(25)11-24(17)10-14-4-2-3-5-18(14)26/h2-8,15,17,25-26H,9-11H2,1H3/t15-,17+/m1/s1. The Hall–Kier alpha value is -2.77. The second kappa shape index (κ2) is 7.09. The number of likely N-dealkylation sites (tertiary alicyclic amines) is 1. The number of para-hydroxylation sites is 1. The van der Waals surface area contributed by atoms with Crippen molar-refractivity contribution in [3.8, 4) is 17.1 Å². The fraction of sp³-hybridized carbons (Fsp3) is 0.300. The smallest absolute Gasteiger partial charge is 0.244 e. The first-order valence-corrected chi connectivity index (χ1v) is 8.80. The molecule has 0 saturated carbocycles. The summed E-state index contributed by atoms with van der Waals surface area (Å²) in [6.07, 6.45) is -0.0645. The summed E-state index contributed by atoms with van der Waals surface area (Å²) in [5, 5.41) is 24.1. The molecule has 27 heavy (non-hydrogen) atoms. The van der Waals surface area contributed by atoms with Crippen molar-refractivity contribution in [2.75, 3.05) is 6.54 Å². The average Bonchev–Trinajstić information content (AvgIpc) is 3.26. The third kappa shape index (κ3) is 3.56. The molecule has 0 aliphatic carbocycles. The molecule has 0 radical (unpaired) electrons. The van der Waals surface area contributed by atoms with Crippen molar-refractivity contribution in [2.24, 2.45) is 0 Å². The summed E-state index contributed by atoms with van der Waals surface area (Å²) < 4.78 is 19.2. The maximum absolute atomic E-state index is 13.8. The number of aromatic hydroxyl groups is 1. The third-order valence-electron chi connectivity index (χ3n) is 4.90. The predicted molar refractivity (Wildman–Crippen MR) is 96.3 cm³/mol. The lowest BCUT2D eigenvalue weighted by Gasteiger charge is -2.21. The molecule has 0 amide bonds. The zero-order valence-corrected chi connectivity index (χ0v) is 14.8. The van der Waals surface area contributed by atoms with Gasteiger partial charge >= 0.3 is 0 Å². The number of nitrogens with zero attached hydrogens (tertiary/aromatic N) is 3. The molecule has 2 N–H and O–H groups in total. The van der Waals surface area contributed by atoms with E-state index in [1.807, 2.05) is 17.0 Å². The number of β-amino-alcohol motifs (C(OH)–C–C–N with tert-alkyl or cyclic N) is 1. The van der Waals surface area contributed by atoms with Crippen LogP contribution in [-0.4, -0.2) is 37.9 Å². The van der Waals surface area contributed by atoms with Crippen molar-refractivity contribution in [2.45, 2.75) is 32.0 Å². The van der Waals surface area contributed by atoms with Crippen molar-refractivity contribution in [1.29, 1.82) is 0 Å². The normalized spacial score (nSPS) is 20.3. The zero-order valence-electron chi connectivity index (χ0n) is 14.8. The molecule has 0 spiro atoms. The molecule has 1 aliphatic heterocycles.